The number of carbonyl (C=O) groups is 2. The average Bonchev–Trinajstić information content (AvgIpc) is 3.54. The molecular formula is C23H18FN5O2. The van der Waals surface area contributed by atoms with Gasteiger partial charge in [-0.05, 0) is 49.2 Å². The monoisotopic (exact) mass is 415 g/mol. The van der Waals surface area contributed by atoms with Gasteiger partial charge in [0.1, 0.15) is 5.82 Å². The molecule has 2 aromatic carbocycles. The molecule has 0 atom stereocenters. The Morgan fingerprint density at radius 2 is 1.71 bits per heavy atom. The van der Waals surface area contributed by atoms with Gasteiger partial charge in [0.25, 0.3) is 5.91 Å². The molecule has 0 spiro atoms. The summed E-state index contributed by atoms with van der Waals surface area (Å²) in [5.41, 5.74) is 2.77. The van der Waals surface area contributed by atoms with E-state index in [1.165, 1.54) is 18.2 Å². The molecule has 2 heterocycles. The molecule has 1 fully saturated rings. The van der Waals surface area contributed by atoms with Crippen LogP contribution < -0.4 is 10.6 Å². The number of halogens is 1. The van der Waals surface area contributed by atoms with Gasteiger partial charge in [-0.15, -0.1) is 5.10 Å². The number of benzene rings is 2. The van der Waals surface area contributed by atoms with Crippen LogP contribution in [0.5, 0.6) is 0 Å². The van der Waals surface area contributed by atoms with E-state index < -0.39 is 11.7 Å². The fourth-order valence-corrected chi connectivity index (χ4v) is 3.30. The third kappa shape index (κ3) is 3.87. The first kappa shape index (κ1) is 18.9. The second-order valence-electron chi connectivity index (χ2n) is 7.39. The SMILES string of the molecule is O=C(Nc1ccc(-c2cccc3nc(NC(=O)C4CC4)nn23)cc1)c1ccccc1F. The van der Waals surface area contributed by atoms with Crippen molar-refractivity contribution < 1.29 is 14.0 Å². The molecule has 2 aromatic heterocycles. The lowest BCUT2D eigenvalue weighted by Gasteiger charge is -2.08. The van der Waals surface area contributed by atoms with Gasteiger partial charge in [-0.2, -0.15) is 4.98 Å². The second-order valence-corrected chi connectivity index (χ2v) is 7.39. The predicted molar refractivity (Wildman–Crippen MR) is 114 cm³/mol. The lowest BCUT2D eigenvalue weighted by molar-refractivity contribution is -0.117. The van der Waals surface area contributed by atoms with E-state index in [1.54, 1.807) is 22.7 Å². The first-order chi connectivity index (χ1) is 15.1. The molecule has 0 bridgehead atoms. The number of hydrogen-bond acceptors (Lipinski definition) is 4. The summed E-state index contributed by atoms with van der Waals surface area (Å²) in [6.45, 7) is 0. The van der Waals surface area contributed by atoms with Crippen molar-refractivity contribution in [3.63, 3.8) is 0 Å². The Morgan fingerprint density at radius 1 is 0.935 bits per heavy atom. The minimum Gasteiger partial charge on any atom is -0.322 e. The van der Waals surface area contributed by atoms with E-state index in [1.807, 2.05) is 30.3 Å². The smallest absolute Gasteiger partial charge is 0.258 e. The van der Waals surface area contributed by atoms with Crippen molar-refractivity contribution in [2.45, 2.75) is 12.8 Å². The molecule has 4 aromatic rings. The molecule has 8 heteroatoms. The number of nitrogens with zero attached hydrogens (tertiary/aromatic N) is 3. The molecule has 31 heavy (non-hydrogen) atoms. The molecule has 154 valence electrons. The highest BCUT2D eigenvalue weighted by molar-refractivity contribution is 6.04. The molecule has 1 aliphatic carbocycles. The maximum atomic E-state index is 13.8. The van der Waals surface area contributed by atoms with Crippen molar-refractivity contribution in [2.75, 3.05) is 10.6 Å². The zero-order valence-electron chi connectivity index (χ0n) is 16.4. The van der Waals surface area contributed by atoms with Crippen LogP contribution in [0.3, 0.4) is 0 Å². The van der Waals surface area contributed by atoms with Crippen LogP contribution in [0.25, 0.3) is 16.9 Å². The van der Waals surface area contributed by atoms with Crippen LogP contribution >= 0.6 is 0 Å². The molecule has 0 aliphatic heterocycles. The minimum absolute atomic E-state index is 0.0141. The topological polar surface area (TPSA) is 88.4 Å². The molecule has 1 aliphatic rings. The molecule has 2 N–H and O–H groups in total. The van der Waals surface area contributed by atoms with Gasteiger partial charge in [0.05, 0.1) is 11.3 Å². The van der Waals surface area contributed by atoms with Crippen LogP contribution in [0.1, 0.15) is 23.2 Å². The highest BCUT2D eigenvalue weighted by Crippen LogP contribution is 2.30. The van der Waals surface area contributed by atoms with E-state index in [4.69, 9.17) is 0 Å². The minimum atomic E-state index is -0.570. The molecule has 0 unspecified atom stereocenters. The highest BCUT2D eigenvalue weighted by Gasteiger charge is 2.30. The van der Waals surface area contributed by atoms with Gasteiger partial charge in [-0.1, -0.05) is 30.3 Å². The van der Waals surface area contributed by atoms with Gasteiger partial charge >= 0.3 is 0 Å². The van der Waals surface area contributed by atoms with Crippen LogP contribution in [0.4, 0.5) is 16.0 Å². The van der Waals surface area contributed by atoms with Crippen LogP contribution in [0.15, 0.2) is 66.7 Å². The van der Waals surface area contributed by atoms with Gasteiger partial charge < -0.3 is 5.32 Å². The van der Waals surface area contributed by atoms with Crippen LogP contribution in [-0.4, -0.2) is 26.4 Å². The van der Waals surface area contributed by atoms with E-state index in [2.05, 4.69) is 20.7 Å². The lowest BCUT2D eigenvalue weighted by atomic mass is 10.1. The molecule has 2 amide bonds. The van der Waals surface area contributed by atoms with E-state index >= 15 is 0 Å². The van der Waals surface area contributed by atoms with E-state index in [9.17, 15) is 14.0 Å². The summed E-state index contributed by atoms with van der Waals surface area (Å²) in [6.07, 6.45) is 1.81. The number of fused-ring (bicyclic) bond motifs is 1. The van der Waals surface area contributed by atoms with Gasteiger partial charge in [0.15, 0.2) is 5.65 Å². The fourth-order valence-electron chi connectivity index (χ4n) is 3.30. The first-order valence-electron chi connectivity index (χ1n) is 9.91. The fraction of sp³-hybridized carbons (Fsp3) is 0.130. The Balaban J connectivity index is 1.37. The average molecular weight is 415 g/mol. The quantitative estimate of drug-likeness (QED) is 0.513. The zero-order chi connectivity index (χ0) is 21.4. The Kier molecular flexibility index (Phi) is 4.66. The summed E-state index contributed by atoms with van der Waals surface area (Å²) in [5, 5.41) is 9.88. The molecule has 0 radical (unpaired) electrons. The first-order valence-corrected chi connectivity index (χ1v) is 9.91. The summed E-state index contributed by atoms with van der Waals surface area (Å²) in [7, 11) is 0. The van der Waals surface area contributed by atoms with Gasteiger partial charge in [0, 0.05) is 17.2 Å². The Morgan fingerprint density at radius 3 is 2.45 bits per heavy atom. The van der Waals surface area contributed by atoms with Gasteiger partial charge in [-0.3, -0.25) is 14.9 Å². The van der Waals surface area contributed by atoms with Crippen LogP contribution in [-0.2, 0) is 4.79 Å². The number of amides is 2. The second kappa shape index (κ2) is 7.64. The van der Waals surface area contributed by atoms with Crippen molar-refractivity contribution in [1.82, 2.24) is 14.6 Å². The van der Waals surface area contributed by atoms with Crippen LogP contribution in [0, 0.1) is 11.7 Å². The molecule has 7 nitrogen and oxygen atoms in total. The molecule has 5 rings (SSSR count). The normalized spacial score (nSPS) is 13.2. The Hall–Kier alpha value is -4.07. The summed E-state index contributed by atoms with van der Waals surface area (Å²) in [4.78, 5) is 28.7. The number of anilines is 2. The third-order valence-corrected chi connectivity index (χ3v) is 5.10. The number of hydrogen-bond donors (Lipinski definition) is 2. The number of aromatic nitrogens is 3. The summed E-state index contributed by atoms with van der Waals surface area (Å²) >= 11 is 0. The van der Waals surface area contributed by atoms with Gasteiger partial charge in [0.2, 0.25) is 11.9 Å². The Bertz CT molecular complexity index is 1300. The predicted octanol–water partition coefficient (Wildman–Crippen LogP) is 4.14. The largest absolute Gasteiger partial charge is 0.322 e. The van der Waals surface area contributed by atoms with Crippen molar-refractivity contribution in [2.24, 2.45) is 5.92 Å². The molecule has 0 saturated heterocycles. The van der Waals surface area contributed by atoms with Crippen molar-refractivity contribution >= 4 is 29.1 Å². The maximum Gasteiger partial charge on any atom is 0.258 e. The highest BCUT2D eigenvalue weighted by atomic mass is 19.1. The van der Waals surface area contributed by atoms with Gasteiger partial charge in [-0.25, -0.2) is 8.91 Å². The third-order valence-electron chi connectivity index (χ3n) is 5.10. The standard InChI is InChI=1S/C23H18FN5O2/c24-18-5-2-1-4-17(18)22(31)25-16-12-10-14(11-13-16)19-6-3-7-20-26-23(28-29(19)20)27-21(30)15-8-9-15/h1-7,10-13,15H,8-9H2,(H,25,31)(H,27,28,30). The number of carbonyl (C=O) groups excluding carboxylic acids is 2. The number of rotatable bonds is 5. The van der Waals surface area contributed by atoms with Crippen molar-refractivity contribution in [3.05, 3.63) is 78.1 Å². The van der Waals surface area contributed by atoms with E-state index in [-0.39, 0.29) is 23.3 Å². The zero-order valence-corrected chi connectivity index (χ0v) is 16.4. The van der Waals surface area contributed by atoms with Crippen molar-refractivity contribution in [3.8, 4) is 11.3 Å². The number of pyridine rings is 1. The maximum absolute atomic E-state index is 13.8. The summed E-state index contributed by atoms with van der Waals surface area (Å²) < 4.78 is 15.5. The summed E-state index contributed by atoms with van der Waals surface area (Å²) in [6, 6.07) is 18.5. The summed E-state index contributed by atoms with van der Waals surface area (Å²) in [5.74, 6) is -0.789. The lowest BCUT2D eigenvalue weighted by Crippen LogP contribution is -2.14. The Labute approximate surface area is 176 Å². The number of nitrogens with one attached hydrogen (secondary N) is 2. The van der Waals surface area contributed by atoms with E-state index in [0.29, 0.717) is 11.3 Å². The van der Waals surface area contributed by atoms with E-state index in [0.717, 1.165) is 24.1 Å². The van der Waals surface area contributed by atoms with Crippen LogP contribution in [0.2, 0.25) is 0 Å². The molecule has 1 saturated carbocycles. The van der Waals surface area contributed by atoms with Crippen molar-refractivity contribution in [1.29, 1.82) is 0 Å². The molecular weight excluding hydrogens is 397 g/mol.